The van der Waals surface area contributed by atoms with Gasteiger partial charge in [0, 0.05) is 33.3 Å². The normalized spacial score (nSPS) is 11.5. The van der Waals surface area contributed by atoms with Gasteiger partial charge in [0.25, 0.3) is 0 Å². The second-order valence-corrected chi connectivity index (χ2v) is 16.1. The molecule has 2 heteroatoms. The molecule has 290 valence electrons. The van der Waals surface area contributed by atoms with Crippen LogP contribution in [-0.4, -0.2) is 4.57 Å². The zero-order valence-electron chi connectivity index (χ0n) is 34.0. The van der Waals surface area contributed by atoms with Crippen LogP contribution in [-0.2, 0) is 0 Å². The smallest absolute Gasteiger partial charge is 0.0547 e. The fraction of sp³-hybridized carbons (Fsp3) is 0. The van der Waals surface area contributed by atoms with Crippen molar-refractivity contribution in [2.24, 2.45) is 0 Å². The highest BCUT2D eigenvalue weighted by atomic mass is 15.1. The Balaban J connectivity index is 1.07. The Kier molecular flexibility index (Phi) is 8.53. The van der Waals surface area contributed by atoms with Gasteiger partial charge in [0.2, 0.25) is 0 Å². The molecule has 0 bridgehead atoms. The number of hydrogen-bond acceptors (Lipinski definition) is 1. The van der Waals surface area contributed by atoms with Crippen molar-refractivity contribution >= 4 is 71.2 Å². The van der Waals surface area contributed by atoms with Crippen LogP contribution >= 0.6 is 0 Å². The van der Waals surface area contributed by atoms with E-state index in [0.29, 0.717) is 0 Å². The fourth-order valence-electron chi connectivity index (χ4n) is 9.69. The van der Waals surface area contributed by atoms with Crippen LogP contribution in [0.25, 0.3) is 93.2 Å². The highest BCUT2D eigenvalue weighted by Gasteiger charge is 2.22. The van der Waals surface area contributed by atoms with Crippen LogP contribution < -0.4 is 4.90 Å². The van der Waals surface area contributed by atoms with Crippen molar-refractivity contribution in [3.05, 3.63) is 243 Å². The second kappa shape index (κ2) is 14.8. The van der Waals surface area contributed by atoms with Crippen LogP contribution in [0.4, 0.5) is 17.1 Å². The topological polar surface area (TPSA) is 8.17 Å². The molecule has 1 heterocycles. The van der Waals surface area contributed by atoms with E-state index in [9.17, 15) is 0 Å². The Bertz CT molecular complexity index is 3640. The summed E-state index contributed by atoms with van der Waals surface area (Å²) >= 11 is 0. The van der Waals surface area contributed by atoms with Crippen molar-refractivity contribution < 1.29 is 0 Å². The molecule has 0 spiro atoms. The van der Waals surface area contributed by atoms with Gasteiger partial charge in [-0.3, -0.25) is 0 Å². The van der Waals surface area contributed by atoms with E-state index in [-0.39, 0.29) is 0 Å². The molecule has 0 aliphatic rings. The minimum atomic E-state index is 1.08. The van der Waals surface area contributed by atoms with Crippen molar-refractivity contribution in [2.45, 2.75) is 0 Å². The Morgan fingerprint density at radius 1 is 0.274 bits per heavy atom. The van der Waals surface area contributed by atoms with E-state index in [1.54, 1.807) is 0 Å². The first-order chi connectivity index (χ1) is 30.8. The third-order valence-electron chi connectivity index (χ3n) is 12.6. The Morgan fingerprint density at radius 2 is 0.806 bits per heavy atom. The largest absolute Gasteiger partial charge is 0.310 e. The molecule has 0 aliphatic heterocycles. The SMILES string of the molecule is c1cc(-c2cccc3ccccc23)cc(N(c2ccc(-c3cccc4ccccc34)cc2)c2ccccc2-c2ccccc2-n2c3ccccc3c3cc4ccccc4cc32)c1. The van der Waals surface area contributed by atoms with Crippen LogP contribution in [0.5, 0.6) is 0 Å². The van der Waals surface area contributed by atoms with Crippen molar-refractivity contribution in [2.75, 3.05) is 4.90 Å². The summed E-state index contributed by atoms with van der Waals surface area (Å²) in [6, 6.07) is 88.6. The average Bonchev–Trinajstić information content (AvgIpc) is 3.66. The first-order valence-corrected chi connectivity index (χ1v) is 21.3. The van der Waals surface area contributed by atoms with Gasteiger partial charge in [-0.25, -0.2) is 0 Å². The lowest BCUT2D eigenvalue weighted by molar-refractivity contribution is 1.18. The predicted molar refractivity (Wildman–Crippen MR) is 264 cm³/mol. The van der Waals surface area contributed by atoms with E-state index in [4.69, 9.17) is 0 Å². The highest BCUT2D eigenvalue weighted by Crippen LogP contribution is 2.46. The van der Waals surface area contributed by atoms with Crippen molar-refractivity contribution in [3.8, 4) is 39.1 Å². The van der Waals surface area contributed by atoms with Gasteiger partial charge < -0.3 is 9.47 Å². The van der Waals surface area contributed by atoms with Gasteiger partial charge in [-0.1, -0.05) is 188 Å². The van der Waals surface area contributed by atoms with E-state index >= 15 is 0 Å². The lowest BCUT2D eigenvalue weighted by Crippen LogP contribution is -2.12. The molecule has 0 amide bonds. The summed E-state index contributed by atoms with van der Waals surface area (Å²) in [5, 5.41) is 9.94. The zero-order valence-corrected chi connectivity index (χ0v) is 34.0. The molecule has 0 unspecified atom stereocenters. The summed E-state index contributed by atoms with van der Waals surface area (Å²) in [5.41, 5.74) is 13.9. The molecule has 0 N–H and O–H groups in total. The monoisotopic (exact) mass is 788 g/mol. The molecule has 1 aromatic heterocycles. The number of nitrogens with zero attached hydrogens (tertiary/aromatic N) is 2. The summed E-state index contributed by atoms with van der Waals surface area (Å²) in [7, 11) is 0. The lowest BCUT2D eigenvalue weighted by Gasteiger charge is -2.29. The minimum absolute atomic E-state index is 1.08. The maximum atomic E-state index is 2.47. The second-order valence-electron chi connectivity index (χ2n) is 16.1. The minimum Gasteiger partial charge on any atom is -0.310 e. The van der Waals surface area contributed by atoms with E-state index in [1.807, 2.05) is 0 Å². The predicted octanol–water partition coefficient (Wildman–Crippen LogP) is 16.7. The van der Waals surface area contributed by atoms with Crippen molar-refractivity contribution in [3.63, 3.8) is 0 Å². The maximum Gasteiger partial charge on any atom is 0.0547 e. The van der Waals surface area contributed by atoms with Crippen LogP contribution in [0, 0.1) is 0 Å². The summed E-state index contributed by atoms with van der Waals surface area (Å²) in [6.07, 6.45) is 0. The maximum absolute atomic E-state index is 2.47. The van der Waals surface area contributed by atoms with Crippen LogP contribution in [0.3, 0.4) is 0 Å². The standard InChI is InChI=1S/C60H40N2/c1-2-19-45-40-60-56(39-44(45)18-1)55-28-9-12-33-59(55)62(60)58-32-11-8-27-54(58)53-26-7-10-31-57(53)61(47-36-34-43(35-37-47)51-29-14-20-41-16-3-5-24-49(41)51)48-23-13-22-46(38-48)52-30-15-21-42-17-4-6-25-50(42)52/h1-40H. The Morgan fingerprint density at radius 3 is 1.55 bits per heavy atom. The molecule has 12 rings (SSSR count). The number of anilines is 3. The summed E-state index contributed by atoms with van der Waals surface area (Å²) in [6.45, 7) is 0. The molecule has 0 saturated carbocycles. The first-order valence-electron chi connectivity index (χ1n) is 21.3. The molecule has 0 fully saturated rings. The number of benzene rings is 11. The van der Waals surface area contributed by atoms with Crippen LogP contribution in [0.15, 0.2) is 243 Å². The summed E-state index contributed by atoms with van der Waals surface area (Å²) in [5.74, 6) is 0. The molecule has 11 aromatic carbocycles. The van der Waals surface area contributed by atoms with E-state index in [0.717, 1.165) is 33.9 Å². The molecule has 0 atom stereocenters. The number of rotatable bonds is 7. The summed E-state index contributed by atoms with van der Waals surface area (Å²) in [4.78, 5) is 2.44. The van der Waals surface area contributed by atoms with Gasteiger partial charge in [0.1, 0.15) is 0 Å². The van der Waals surface area contributed by atoms with Crippen molar-refractivity contribution in [1.82, 2.24) is 4.57 Å². The number of fused-ring (bicyclic) bond motifs is 6. The highest BCUT2D eigenvalue weighted by molar-refractivity contribution is 6.14. The zero-order chi connectivity index (χ0) is 41.0. The van der Waals surface area contributed by atoms with Crippen molar-refractivity contribution in [1.29, 1.82) is 0 Å². The molecule has 0 saturated heterocycles. The third-order valence-corrected chi connectivity index (χ3v) is 12.6. The van der Waals surface area contributed by atoms with E-state index < -0.39 is 0 Å². The molecule has 62 heavy (non-hydrogen) atoms. The molecule has 2 nitrogen and oxygen atoms in total. The van der Waals surface area contributed by atoms with Crippen LogP contribution in [0.2, 0.25) is 0 Å². The summed E-state index contributed by atoms with van der Waals surface area (Å²) < 4.78 is 2.47. The van der Waals surface area contributed by atoms with Crippen LogP contribution in [0.1, 0.15) is 0 Å². The average molecular weight is 789 g/mol. The molecule has 0 aliphatic carbocycles. The number of aromatic nitrogens is 1. The Hall–Kier alpha value is -8.20. The van der Waals surface area contributed by atoms with E-state index in [2.05, 4.69) is 252 Å². The van der Waals surface area contributed by atoms with Gasteiger partial charge in [-0.15, -0.1) is 0 Å². The molecule has 0 radical (unpaired) electrons. The first kappa shape index (κ1) is 35.7. The van der Waals surface area contributed by atoms with Gasteiger partial charge in [-0.05, 0) is 109 Å². The van der Waals surface area contributed by atoms with Gasteiger partial charge in [-0.2, -0.15) is 0 Å². The van der Waals surface area contributed by atoms with Gasteiger partial charge in [0.05, 0.1) is 22.4 Å². The quantitative estimate of drug-likeness (QED) is 0.156. The fourth-order valence-corrected chi connectivity index (χ4v) is 9.69. The molecular weight excluding hydrogens is 749 g/mol. The van der Waals surface area contributed by atoms with Gasteiger partial charge in [0.15, 0.2) is 0 Å². The van der Waals surface area contributed by atoms with E-state index in [1.165, 1.54) is 76.4 Å². The Labute approximate surface area is 360 Å². The third kappa shape index (κ3) is 5.96. The number of para-hydroxylation sites is 3. The number of hydrogen-bond donors (Lipinski definition) is 0. The molecule has 12 aromatic rings. The van der Waals surface area contributed by atoms with Gasteiger partial charge >= 0.3 is 0 Å². The lowest BCUT2D eigenvalue weighted by atomic mass is 9.96. The molecular formula is C60H40N2.